The molecule has 0 aromatic heterocycles. The fourth-order valence-electron chi connectivity index (χ4n) is 2.49. The number of halogens is 4. The average Bonchev–Trinajstić information content (AvgIpc) is 2.70. The van der Waals surface area contributed by atoms with Crippen molar-refractivity contribution in [1.29, 1.82) is 0 Å². The van der Waals surface area contributed by atoms with E-state index in [-0.39, 0.29) is 36.6 Å². The number of carbonyl (C=O) groups excluding carboxylic acids is 1. The molecule has 0 spiro atoms. The van der Waals surface area contributed by atoms with Gasteiger partial charge in [-0.05, 0) is 36.4 Å². The molecule has 0 aliphatic heterocycles. The van der Waals surface area contributed by atoms with E-state index in [1.54, 1.807) is 0 Å². The number of hydrogen-bond donors (Lipinski definition) is 3. The normalized spacial score (nSPS) is 11.8. The van der Waals surface area contributed by atoms with Gasteiger partial charge < -0.3 is 10.6 Å². The van der Waals surface area contributed by atoms with Crippen LogP contribution in [0.3, 0.4) is 0 Å². The van der Waals surface area contributed by atoms with Crippen molar-refractivity contribution in [1.82, 2.24) is 10.0 Å². The molecule has 0 fully saturated rings. The van der Waals surface area contributed by atoms with Gasteiger partial charge in [-0.25, -0.2) is 17.5 Å². The molecule has 0 radical (unpaired) electrons. The van der Waals surface area contributed by atoms with Crippen molar-refractivity contribution in [3.05, 3.63) is 64.0 Å². The quantitative estimate of drug-likeness (QED) is 0.208. The van der Waals surface area contributed by atoms with Crippen LogP contribution in [0.15, 0.2) is 47.4 Å². The van der Waals surface area contributed by atoms with E-state index in [1.165, 1.54) is 0 Å². The second kappa shape index (κ2) is 10.4. The lowest BCUT2D eigenvalue weighted by molar-refractivity contribution is -0.384. The van der Waals surface area contributed by atoms with E-state index >= 15 is 0 Å². The summed E-state index contributed by atoms with van der Waals surface area (Å²) in [6, 6.07) is 6.14. The molecule has 0 aliphatic carbocycles. The Morgan fingerprint density at radius 1 is 1.03 bits per heavy atom. The lowest BCUT2D eigenvalue weighted by atomic mass is 10.1. The Hall–Kier alpha value is -3.26. The van der Waals surface area contributed by atoms with E-state index in [0.717, 1.165) is 30.3 Å². The molecule has 9 nitrogen and oxygen atoms in total. The number of nitro groups is 1. The Morgan fingerprint density at radius 3 is 2.28 bits per heavy atom. The van der Waals surface area contributed by atoms with Gasteiger partial charge in [-0.3, -0.25) is 14.9 Å². The first-order chi connectivity index (χ1) is 14.9. The summed E-state index contributed by atoms with van der Waals surface area (Å²) in [7, 11) is -3.91. The molecule has 1 amide bonds. The first-order valence-corrected chi connectivity index (χ1v) is 10.5. The van der Waals surface area contributed by atoms with Gasteiger partial charge in [-0.2, -0.15) is 13.2 Å². The zero-order valence-electron chi connectivity index (χ0n) is 16.3. The molecular formula is C18H18F4N4O5S. The Kier molecular flexibility index (Phi) is 8.10. The number of anilines is 1. The van der Waals surface area contributed by atoms with Crippen molar-refractivity contribution >= 4 is 27.3 Å². The number of alkyl halides is 3. The number of carbonyl (C=O) groups is 1. The highest BCUT2D eigenvalue weighted by molar-refractivity contribution is 7.89. The number of nitro benzene ring substituents is 1. The summed E-state index contributed by atoms with van der Waals surface area (Å²) in [5, 5.41) is 16.0. The topological polar surface area (TPSA) is 130 Å². The fraction of sp³-hybridized carbons (Fsp3) is 0.278. The second-order valence-corrected chi connectivity index (χ2v) is 8.13. The lowest BCUT2D eigenvalue weighted by Crippen LogP contribution is -2.33. The highest BCUT2D eigenvalue weighted by Gasteiger charge is 2.33. The largest absolute Gasteiger partial charge is 0.416 e. The molecule has 0 saturated carbocycles. The summed E-state index contributed by atoms with van der Waals surface area (Å²) in [4.78, 5) is 21.7. The van der Waals surface area contributed by atoms with E-state index in [9.17, 15) is 40.9 Å². The number of amides is 1. The number of sulfonamides is 1. The Bertz CT molecular complexity index is 1080. The first kappa shape index (κ1) is 25.0. The minimum absolute atomic E-state index is 0.0261. The monoisotopic (exact) mass is 478 g/mol. The number of hydrogen-bond acceptors (Lipinski definition) is 6. The van der Waals surface area contributed by atoms with Crippen LogP contribution in [0, 0.1) is 15.9 Å². The molecule has 0 bridgehead atoms. The predicted molar refractivity (Wildman–Crippen MR) is 106 cm³/mol. The molecule has 0 saturated heterocycles. The minimum Gasteiger partial charge on any atom is -0.378 e. The fourth-order valence-corrected chi connectivity index (χ4v) is 3.52. The molecule has 0 heterocycles. The standard InChI is InChI=1S/C18H18F4N4O5S/c19-13-2-4-14(5-3-13)32(30,31)25-8-7-17(27)24-10-9-23-15-6-1-12(18(20,21)22)11-16(15)26(28)29/h1-6,11,23,25H,7-10H2,(H,24,27). The molecule has 0 aliphatic rings. The smallest absolute Gasteiger partial charge is 0.378 e. The molecule has 3 N–H and O–H groups in total. The van der Waals surface area contributed by atoms with E-state index in [0.29, 0.717) is 12.1 Å². The van der Waals surface area contributed by atoms with Gasteiger partial charge in [0.05, 0.1) is 15.4 Å². The maximum absolute atomic E-state index is 12.9. The number of rotatable bonds is 10. The molecule has 2 aromatic rings. The van der Waals surface area contributed by atoms with Crippen LogP contribution in [0.1, 0.15) is 12.0 Å². The van der Waals surface area contributed by atoms with Crippen LogP contribution in [0.4, 0.5) is 28.9 Å². The highest BCUT2D eigenvalue weighted by atomic mass is 32.2. The van der Waals surface area contributed by atoms with Gasteiger partial charge in [0, 0.05) is 32.1 Å². The van der Waals surface area contributed by atoms with Crippen molar-refractivity contribution in [2.24, 2.45) is 0 Å². The maximum atomic E-state index is 12.9. The van der Waals surface area contributed by atoms with Crippen LogP contribution >= 0.6 is 0 Å². The van der Waals surface area contributed by atoms with Gasteiger partial charge in [0.15, 0.2) is 0 Å². The van der Waals surface area contributed by atoms with Crippen LogP contribution in [0.5, 0.6) is 0 Å². The molecule has 2 aromatic carbocycles. The van der Waals surface area contributed by atoms with Crippen LogP contribution in [-0.2, 0) is 21.0 Å². The van der Waals surface area contributed by atoms with Gasteiger partial charge in [-0.1, -0.05) is 0 Å². The van der Waals surface area contributed by atoms with Crippen molar-refractivity contribution in [3.8, 4) is 0 Å². The van der Waals surface area contributed by atoms with Gasteiger partial charge >= 0.3 is 6.18 Å². The Morgan fingerprint density at radius 2 is 1.69 bits per heavy atom. The Balaban J connectivity index is 1.79. The summed E-state index contributed by atoms with van der Waals surface area (Å²) in [5.74, 6) is -1.13. The summed E-state index contributed by atoms with van der Waals surface area (Å²) >= 11 is 0. The van der Waals surface area contributed by atoms with Crippen molar-refractivity contribution < 1.29 is 35.7 Å². The zero-order valence-corrected chi connectivity index (χ0v) is 17.1. The molecule has 0 unspecified atom stereocenters. The van der Waals surface area contributed by atoms with E-state index < -0.39 is 44.1 Å². The number of benzene rings is 2. The van der Waals surface area contributed by atoms with Crippen LogP contribution in [-0.4, -0.2) is 38.9 Å². The van der Waals surface area contributed by atoms with Gasteiger partial charge in [0.25, 0.3) is 5.69 Å². The Labute approximate surface area is 180 Å². The molecule has 0 atom stereocenters. The summed E-state index contributed by atoms with van der Waals surface area (Å²) in [6.45, 7) is -0.287. The summed E-state index contributed by atoms with van der Waals surface area (Å²) in [6.07, 6.45) is -4.95. The van der Waals surface area contributed by atoms with Crippen LogP contribution < -0.4 is 15.4 Å². The first-order valence-electron chi connectivity index (χ1n) is 9.01. The van der Waals surface area contributed by atoms with Crippen LogP contribution in [0.25, 0.3) is 0 Å². The maximum Gasteiger partial charge on any atom is 0.416 e. The molecular weight excluding hydrogens is 460 g/mol. The summed E-state index contributed by atoms with van der Waals surface area (Å²) in [5.41, 5.74) is -2.07. The van der Waals surface area contributed by atoms with Gasteiger partial charge in [0.1, 0.15) is 11.5 Å². The second-order valence-electron chi connectivity index (χ2n) is 6.37. The van der Waals surface area contributed by atoms with Gasteiger partial charge in [-0.15, -0.1) is 0 Å². The zero-order chi connectivity index (χ0) is 23.9. The number of nitrogens with zero attached hydrogens (tertiary/aromatic N) is 1. The minimum atomic E-state index is -4.73. The SMILES string of the molecule is O=C(CCNS(=O)(=O)c1ccc(F)cc1)NCCNc1ccc(C(F)(F)F)cc1[N+](=O)[O-]. The van der Waals surface area contributed by atoms with Crippen molar-refractivity contribution in [3.63, 3.8) is 0 Å². The highest BCUT2D eigenvalue weighted by Crippen LogP contribution is 2.34. The third-order valence-corrected chi connectivity index (χ3v) is 5.53. The lowest BCUT2D eigenvalue weighted by Gasteiger charge is -2.11. The summed E-state index contributed by atoms with van der Waals surface area (Å²) < 4.78 is 77.2. The van der Waals surface area contributed by atoms with Gasteiger partial charge in [0.2, 0.25) is 15.9 Å². The molecule has 2 rings (SSSR count). The molecule has 174 valence electrons. The van der Waals surface area contributed by atoms with Crippen LogP contribution in [0.2, 0.25) is 0 Å². The van der Waals surface area contributed by atoms with Crippen molar-refractivity contribution in [2.75, 3.05) is 25.0 Å². The van der Waals surface area contributed by atoms with Crippen molar-refractivity contribution in [2.45, 2.75) is 17.5 Å². The number of nitrogens with one attached hydrogen (secondary N) is 3. The third kappa shape index (κ3) is 7.16. The average molecular weight is 478 g/mol. The van der Waals surface area contributed by atoms with E-state index in [2.05, 4.69) is 15.4 Å². The van der Waals surface area contributed by atoms with E-state index in [4.69, 9.17) is 0 Å². The molecule has 14 heteroatoms. The van der Waals surface area contributed by atoms with E-state index in [1.807, 2.05) is 0 Å². The predicted octanol–water partition coefficient (Wildman–Crippen LogP) is 2.65. The molecule has 32 heavy (non-hydrogen) atoms. The third-order valence-electron chi connectivity index (χ3n) is 4.05.